The lowest BCUT2D eigenvalue weighted by molar-refractivity contribution is 0.126. The minimum atomic E-state index is 0.0534. The van der Waals surface area contributed by atoms with Crippen LogP contribution < -0.4 is 5.32 Å². The van der Waals surface area contributed by atoms with Crippen molar-refractivity contribution in [1.82, 2.24) is 9.61 Å². The number of nitrogens with zero attached hydrogens (tertiary/aromatic N) is 2. The molecule has 0 unspecified atom stereocenters. The lowest BCUT2D eigenvalue weighted by Gasteiger charge is -2.18. The number of halogens is 1. The molecule has 2 aromatic heterocycles. The highest BCUT2D eigenvalue weighted by molar-refractivity contribution is 6.30. The fourth-order valence-electron chi connectivity index (χ4n) is 3.22. The second-order valence-corrected chi connectivity index (χ2v) is 6.82. The van der Waals surface area contributed by atoms with Crippen LogP contribution >= 0.6 is 11.6 Å². The molecule has 0 aliphatic carbocycles. The molecule has 0 radical (unpaired) electrons. The van der Waals surface area contributed by atoms with Gasteiger partial charge in [0, 0.05) is 24.8 Å². The van der Waals surface area contributed by atoms with Crippen LogP contribution in [0.3, 0.4) is 0 Å². The maximum absolute atomic E-state index is 6.11. The summed E-state index contributed by atoms with van der Waals surface area (Å²) in [5, 5.41) is 9.02. The standard InChI is InChI=1S/C20H24ClN3O2.C2H6/c1-13-10-15(21)8-9-17(13)18-6-5-7-19-20(14(2)23-24(18)19)22-16(11-25-3)12-26-4;1-2/h5-10,16,22H,11-12H2,1-4H3;1-2H3. The molecular formula is C22H30ClN3O2. The van der Waals surface area contributed by atoms with Gasteiger partial charge in [-0.25, -0.2) is 4.52 Å². The molecule has 0 atom stereocenters. The molecule has 28 heavy (non-hydrogen) atoms. The van der Waals surface area contributed by atoms with Gasteiger partial charge in [-0.05, 0) is 43.7 Å². The lowest BCUT2D eigenvalue weighted by atomic mass is 10.1. The van der Waals surface area contributed by atoms with Gasteiger partial charge in [0.2, 0.25) is 0 Å². The highest BCUT2D eigenvalue weighted by atomic mass is 35.5. The third-order valence-electron chi connectivity index (χ3n) is 4.38. The fraction of sp³-hybridized carbons (Fsp3) is 0.409. The quantitative estimate of drug-likeness (QED) is 0.576. The maximum atomic E-state index is 6.11. The summed E-state index contributed by atoms with van der Waals surface area (Å²) in [5.41, 5.74) is 6.21. The van der Waals surface area contributed by atoms with E-state index in [2.05, 4.69) is 24.4 Å². The lowest BCUT2D eigenvalue weighted by Crippen LogP contribution is -2.29. The molecule has 3 rings (SSSR count). The van der Waals surface area contributed by atoms with Crippen molar-refractivity contribution in [2.24, 2.45) is 0 Å². The number of anilines is 1. The van der Waals surface area contributed by atoms with Crippen molar-refractivity contribution >= 4 is 22.8 Å². The van der Waals surface area contributed by atoms with E-state index in [0.29, 0.717) is 13.2 Å². The van der Waals surface area contributed by atoms with E-state index in [4.69, 9.17) is 26.2 Å². The topological polar surface area (TPSA) is 47.8 Å². The van der Waals surface area contributed by atoms with Crippen LogP contribution in [0.4, 0.5) is 5.69 Å². The molecule has 0 bridgehead atoms. The summed E-state index contributed by atoms with van der Waals surface area (Å²) in [4.78, 5) is 0. The molecule has 152 valence electrons. The summed E-state index contributed by atoms with van der Waals surface area (Å²) in [6.45, 7) is 9.18. The van der Waals surface area contributed by atoms with E-state index in [-0.39, 0.29) is 6.04 Å². The largest absolute Gasteiger partial charge is 0.382 e. The number of hydrogen-bond donors (Lipinski definition) is 1. The number of aryl methyl sites for hydroxylation is 2. The second-order valence-electron chi connectivity index (χ2n) is 6.38. The number of hydrogen-bond acceptors (Lipinski definition) is 4. The van der Waals surface area contributed by atoms with Crippen LogP contribution in [0.5, 0.6) is 0 Å². The highest BCUT2D eigenvalue weighted by Gasteiger charge is 2.17. The van der Waals surface area contributed by atoms with Crippen molar-refractivity contribution < 1.29 is 9.47 Å². The molecule has 6 heteroatoms. The van der Waals surface area contributed by atoms with Gasteiger partial charge in [-0.3, -0.25) is 0 Å². The zero-order valence-corrected chi connectivity index (χ0v) is 18.3. The summed E-state index contributed by atoms with van der Waals surface area (Å²) >= 11 is 6.11. The molecule has 0 aliphatic rings. The van der Waals surface area contributed by atoms with Gasteiger partial charge >= 0.3 is 0 Å². The van der Waals surface area contributed by atoms with Gasteiger partial charge in [-0.2, -0.15) is 5.10 Å². The van der Waals surface area contributed by atoms with Crippen molar-refractivity contribution in [1.29, 1.82) is 0 Å². The van der Waals surface area contributed by atoms with E-state index in [0.717, 1.165) is 38.7 Å². The van der Waals surface area contributed by atoms with E-state index in [1.807, 2.05) is 49.6 Å². The summed E-state index contributed by atoms with van der Waals surface area (Å²) in [7, 11) is 3.38. The number of ether oxygens (including phenoxy) is 2. The Morgan fingerprint density at radius 1 is 1.07 bits per heavy atom. The van der Waals surface area contributed by atoms with Crippen LogP contribution in [0.15, 0.2) is 36.4 Å². The van der Waals surface area contributed by atoms with Crippen molar-refractivity contribution in [3.05, 3.63) is 52.7 Å². The minimum absolute atomic E-state index is 0.0534. The van der Waals surface area contributed by atoms with Gasteiger partial charge in [-0.15, -0.1) is 0 Å². The second kappa shape index (κ2) is 10.5. The number of methoxy groups -OCH3 is 2. The average molecular weight is 404 g/mol. The Morgan fingerprint density at radius 2 is 1.75 bits per heavy atom. The molecule has 0 saturated heterocycles. The van der Waals surface area contributed by atoms with Crippen molar-refractivity contribution in [2.45, 2.75) is 33.7 Å². The number of nitrogens with one attached hydrogen (secondary N) is 1. The Bertz CT molecular complexity index is 902. The summed E-state index contributed by atoms with van der Waals surface area (Å²) in [5.74, 6) is 0. The van der Waals surface area contributed by atoms with Gasteiger partial charge < -0.3 is 14.8 Å². The van der Waals surface area contributed by atoms with Crippen molar-refractivity contribution in [3.63, 3.8) is 0 Å². The predicted octanol–water partition coefficient (Wildman–Crippen LogP) is 5.37. The highest BCUT2D eigenvalue weighted by Crippen LogP contribution is 2.30. The number of rotatable bonds is 7. The zero-order chi connectivity index (χ0) is 20.7. The first-order valence-electron chi connectivity index (χ1n) is 9.54. The van der Waals surface area contributed by atoms with Crippen LogP contribution in [0.2, 0.25) is 5.02 Å². The van der Waals surface area contributed by atoms with Crippen LogP contribution in [-0.4, -0.2) is 43.1 Å². The average Bonchev–Trinajstić information content (AvgIpc) is 3.00. The Morgan fingerprint density at radius 3 is 2.36 bits per heavy atom. The predicted molar refractivity (Wildman–Crippen MR) is 118 cm³/mol. The first-order valence-corrected chi connectivity index (χ1v) is 9.92. The monoisotopic (exact) mass is 403 g/mol. The first-order chi connectivity index (χ1) is 13.5. The third-order valence-corrected chi connectivity index (χ3v) is 4.62. The van der Waals surface area contributed by atoms with Crippen LogP contribution in [-0.2, 0) is 9.47 Å². The first kappa shape index (κ1) is 22.2. The Hall–Kier alpha value is -2.08. The van der Waals surface area contributed by atoms with E-state index >= 15 is 0 Å². The number of pyridine rings is 1. The van der Waals surface area contributed by atoms with Crippen molar-refractivity contribution in [3.8, 4) is 11.3 Å². The number of benzene rings is 1. The number of aromatic nitrogens is 2. The van der Waals surface area contributed by atoms with Gasteiger partial charge in [0.1, 0.15) is 0 Å². The molecular weight excluding hydrogens is 374 g/mol. The summed E-state index contributed by atoms with van der Waals surface area (Å²) in [6.07, 6.45) is 0. The summed E-state index contributed by atoms with van der Waals surface area (Å²) < 4.78 is 12.6. The van der Waals surface area contributed by atoms with E-state index < -0.39 is 0 Å². The molecule has 3 aromatic rings. The molecule has 0 aliphatic heterocycles. The Labute approximate surface area is 172 Å². The molecule has 0 fully saturated rings. The van der Waals surface area contributed by atoms with E-state index in [9.17, 15) is 0 Å². The molecule has 1 aromatic carbocycles. The smallest absolute Gasteiger partial charge is 0.0903 e. The van der Waals surface area contributed by atoms with E-state index in [1.165, 1.54) is 0 Å². The maximum Gasteiger partial charge on any atom is 0.0903 e. The normalized spacial score (nSPS) is 10.9. The Kier molecular flexibility index (Phi) is 8.30. The molecule has 0 amide bonds. The fourth-order valence-corrected chi connectivity index (χ4v) is 3.45. The SMILES string of the molecule is CC.COCC(COC)Nc1c(C)nn2c(-c3ccc(Cl)cc3C)cccc12. The van der Waals surface area contributed by atoms with Gasteiger partial charge in [0.25, 0.3) is 0 Å². The van der Waals surface area contributed by atoms with Crippen LogP contribution in [0, 0.1) is 13.8 Å². The van der Waals surface area contributed by atoms with Gasteiger partial charge in [-0.1, -0.05) is 37.6 Å². The van der Waals surface area contributed by atoms with E-state index in [1.54, 1.807) is 14.2 Å². The van der Waals surface area contributed by atoms with Gasteiger partial charge in [0.05, 0.1) is 41.8 Å². The number of fused-ring (bicyclic) bond motifs is 1. The van der Waals surface area contributed by atoms with Crippen molar-refractivity contribution in [2.75, 3.05) is 32.8 Å². The molecule has 5 nitrogen and oxygen atoms in total. The molecule has 1 N–H and O–H groups in total. The van der Waals surface area contributed by atoms with Crippen LogP contribution in [0.1, 0.15) is 25.1 Å². The molecule has 0 saturated carbocycles. The Balaban J connectivity index is 0.00000136. The zero-order valence-electron chi connectivity index (χ0n) is 17.5. The minimum Gasteiger partial charge on any atom is -0.382 e. The molecule has 2 heterocycles. The van der Waals surface area contributed by atoms with Crippen LogP contribution in [0.25, 0.3) is 16.8 Å². The molecule has 0 spiro atoms. The summed E-state index contributed by atoms with van der Waals surface area (Å²) in [6, 6.07) is 12.2. The third kappa shape index (κ3) is 4.85. The van der Waals surface area contributed by atoms with Gasteiger partial charge in [0.15, 0.2) is 0 Å².